The summed E-state index contributed by atoms with van der Waals surface area (Å²) in [5, 5.41) is 13.7. The van der Waals surface area contributed by atoms with Gasteiger partial charge in [-0.3, -0.25) is 9.69 Å². The van der Waals surface area contributed by atoms with Gasteiger partial charge in [0.25, 0.3) is 0 Å². The first-order valence-electron chi connectivity index (χ1n) is 15.9. The highest BCUT2D eigenvalue weighted by Crippen LogP contribution is 2.39. The van der Waals surface area contributed by atoms with Gasteiger partial charge in [0.05, 0.1) is 5.92 Å². The molecule has 2 aromatic carbocycles. The lowest BCUT2D eigenvalue weighted by Crippen LogP contribution is -2.46. The maximum absolute atomic E-state index is 12.6. The van der Waals surface area contributed by atoms with E-state index < -0.39 is 5.97 Å². The summed E-state index contributed by atoms with van der Waals surface area (Å²) in [7, 11) is 0. The van der Waals surface area contributed by atoms with Crippen LogP contribution in [0, 0.1) is 11.8 Å². The van der Waals surface area contributed by atoms with Crippen molar-refractivity contribution in [2.45, 2.75) is 75.8 Å². The summed E-state index contributed by atoms with van der Waals surface area (Å²) < 4.78 is 2.24. The van der Waals surface area contributed by atoms with E-state index in [-0.39, 0.29) is 12.0 Å². The molecule has 0 bridgehead atoms. The predicted molar refractivity (Wildman–Crippen MR) is 160 cm³/mol. The minimum atomic E-state index is -0.621. The van der Waals surface area contributed by atoms with E-state index in [1.807, 2.05) is 6.33 Å². The molecule has 0 radical (unpaired) electrons. The molecule has 0 amide bonds. The second kappa shape index (κ2) is 13.3. The van der Waals surface area contributed by atoms with Crippen molar-refractivity contribution in [2.75, 3.05) is 32.7 Å². The summed E-state index contributed by atoms with van der Waals surface area (Å²) in [6, 6.07) is 21.2. The molecule has 1 unspecified atom stereocenters. The molecule has 3 aliphatic rings. The number of likely N-dealkylation sites (tertiary alicyclic amines) is 2. The molecule has 7 heteroatoms. The Labute approximate surface area is 244 Å². The lowest BCUT2D eigenvalue weighted by Gasteiger charge is -2.34. The van der Waals surface area contributed by atoms with Crippen LogP contribution in [0.5, 0.6) is 0 Å². The van der Waals surface area contributed by atoms with Crippen LogP contribution in [0.15, 0.2) is 67.0 Å². The van der Waals surface area contributed by atoms with Gasteiger partial charge in [-0.25, -0.2) is 0 Å². The van der Waals surface area contributed by atoms with Gasteiger partial charge in [-0.2, -0.15) is 9.78 Å². The van der Waals surface area contributed by atoms with E-state index in [0.29, 0.717) is 17.8 Å². The normalized spacial score (nSPS) is 24.0. The molecule has 1 aromatic heterocycles. The largest absolute Gasteiger partial charge is 0.480 e. The maximum atomic E-state index is 12.6. The number of H-pyrrole nitrogens is 1. The number of benzene rings is 2. The molecule has 41 heavy (non-hydrogen) atoms. The molecule has 6 rings (SSSR count). The number of nitrogens with one attached hydrogen (secondary N) is 1. The van der Waals surface area contributed by atoms with E-state index in [4.69, 9.17) is 4.98 Å². The zero-order valence-corrected chi connectivity index (χ0v) is 24.3. The van der Waals surface area contributed by atoms with E-state index in [9.17, 15) is 9.90 Å². The highest BCUT2D eigenvalue weighted by atomic mass is 16.4. The van der Waals surface area contributed by atoms with Gasteiger partial charge in [0, 0.05) is 32.0 Å². The van der Waals surface area contributed by atoms with Crippen molar-refractivity contribution in [3.8, 4) is 0 Å². The number of aromatic amines is 1. The zero-order chi connectivity index (χ0) is 28.0. The van der Waals surface area contributed by atoms with Crippen molar-refractivity contribution in [2.24, 2.45) is 11.8 Å². The number of carbonyl (C=O) groups is 1. The van der Waals surface area contributed by atoms with Crippen molar-refractivity contribution in [3.05, 3.63) is 83.9 Å². The molecular formula is C34H46N5O2+. The lowest BCUT2D eigenvalue weighted by molar-refractivity contribution is -0.758. The third-order valence-corrected chi connectivity index (χ3v) is 10.0. The monoisotopic (exact) mass is 556 g/mol. The average Bonchev–Trinajstić information content (AvgIpc) is 3.65. The van der Waals surface area contributed by atoms with Gasteiger partial charge in [0.2, 0.25) is 6.33 Å². The van der Waals surface area contributed by atoms with Crippen molar-refractivity contribution in [1.82, 2.24) is 19.9 Å². The SMILES string of the molecule is O=C(O)[C@@H](C1CCCCC1)N1CC(c2ccccc2)[C@@H](CN2CCC(c3nc[nH][n+]3CCc3ccccc3)CC2)C1. The Balaban J connectivity index is 1.09. The molecular weight excluding hydrogens is 510 g/mol. The fourth-order valence-electron chi connectivity index (χ4n) is 7.90. The van der Waals surface area contributed by atoms with Crippen LogP contribution in [-0.4, -0.2) is 69.7 Å². The van der Waals surface area contributed by atoms with Gasteiger partial charge in [0.1, 0.15) is 12.6 Å². The Kier molecular flexibility index (Phi) is 9.12. The van der Waals surface area contributed by atoms with E-state index in [0.717, 1.165) is 71.4 Å². The van der Waals surface area contributed by atoms with Crippen LogP contribution in [0.3, 0.4) is 0 Å². The van der Waals surface area contributed by atoms with Crippen molar-refractivity contribution >= 4 is 5.97 Å². The van der Waals surface area contributed by atoms with Crippen molar-refractivity contribution in [3.63, 3.8) is 0 Å². The molecule has 3 heterocycles. The fourth-order valence-corrected chi connectivity index (χ4v) is 7.90. The van der Waals surface area contributed by atoms with Crippen LogP contribution < -0.4 is 4.68 Å². The number of aryl methyl sites for hydroxylation is 2. The number of hydrogen-bond acceptors (Lipinski definition) is 4. The lowest BCUT2D eigenvalue weighted by atomic mass is 9.83. The van der Waals surface area contributed by atoms with Crippen LogP contribution in [0.25, 0.3) is 0 Å². The number of rotatable bonds is 10. The first-order valence-corrected chi connectivity index (χ1v) is 15.9. The van der Waals surface area contributed by atoms with Crippen LogP contribution in [0.4, 0.5) is 0 Å². The second-order valence-corrected chi connectivity index (χ2v) is 12.6. The highest BCUT2D eigenvalue weighted by molar-refractivity contribution is 5.74. The Morgan fingerprint density at radius 2 is 1.66 bits per heavy atom. The second-order valence-electron chi connectivity index (χ2n) is 12.6. The molecule has 218 valence electrons. The molecule has 3 aromatic rings. The quantitative estimate of drug-likeness (QED) is 0.349. The Morgan fingerprint density at radius 1 is 0.951 bits per heavy atom. The Hall–Kier alpha value is -3.03. The molecule has 0 spiro atoms. The van der Waals surface area contributed by atoms with E-state index in [1.165, 1.54) is 36.2 Å². The number of aliphatic carboxylic acids is 1. The molecule has 3 fully saturated rings. The van der Waals surface area contributed by atoms with Gasteiger partial charge in [0.15, 0.2) is 0 Å². The third kappa shape index (κ3) is 6.73. The fraction of sp³-hybridized carbons (Fsp3) is 0.559. The van der Waals surface area contributed by atoms with Crippen LogP contribution >= 0.6 is 0 Å². The molecule has 1 saturated carbocycles. The molecule has 2 aliphatic heterocycles. The molecule has 3 atom stereocenters. The topological polar surface area (TPSA) is 76.3 Å². The first kappa shape index (κ1) is 28.1. The van der Waals surface area contributed by atoms with Gasteiger partial charge in [-0.15, -0.1) is 0 Å². The van der Waals surface area contributed by atoms with Crippen molar-refractivity contribution in [1.29, 1.82) is 0 Å². The van der Waals surface area contributed by atoms with Crippen LogP contribution in [0.1, 0.15) is 73.7 Å². The van der Waals surface area contributed by atoms with Gasteiger partial charge in [-0.05, 0) is 66.7 Å². The minimum Gasteiger partial charge on any atom is -0.480 e. The number of carboxylic acid groups (broad SMARTS) is 1. The number of aromatic nitrogens is 3. The van der Waals surface area contributed by atoms with Crippen molar-refractivity contribution < 1.29 is 14.6 Å². The predicted octanol–water partition coefficient (Wildman–Crippen LogP) is 4.87. The van der Waals surface area contributed by atoms with Crippen LogP contribution in [0.2, 0.25) is 0 Å². The summed E-state index contributed by atoms with van der Waals surface area (Å²) in [4.78, 5) is 22.3. The van der Waals surface area contributed by atoms with Crippen LogP contribution in [-0.2, 0) is 17.8 Å². The number of piperidine rings is 1. The van der Waals surface area contributed by atoms with E-state index >= 15 is 0 Å². The minimum absolute atomic E-state index is 0.287. The molecule has 7 nitrogen and oxygen atoms in total. The average molecular weight is 557 g/mol. The smallest absolute Gasteiger partial charge is 0.321 e. The summed E-state index contributed by atoms with van der Waals surface area (Å²) in [5.74, 6) is 2.15. The Bertz CT molecular complexity index is 1230. The highest BCUT2D eigenvalue weighted by Gasteiger charge is 2.43. The number of carboxylic acids is 1. The summed E-state index contributed by atoms with van der Waals surface area (Å²) in [6.45, 7) is 5.83. The van der Waals surface area contributed by atoms with Gasteiger partial charge in [-0.1, -0.05) is 79.9 Å². The summed E-state index contributed by atoms with van der Waals surface area (Å²) in [5.41, 5.74) is 2.71. The van der Waals surface area contributed by atoms with Gasteiger partial charge < -0.3 is 10.0 Å². The number of nitrogens with zero attached hydrogens (tertiary/aromatic N) is 4. The third-order valence-electron chi connectivity index (χ3n) is 10.0. The molecule has 2 saturated heterocycles. The standard InChI is InChI=1S/C34H45N5O2/c40-34(41)32(28-14-8-3-9-15-28)38-23-30(31(24-38)27-12-6-2-7-13-27)22-37-19-17-29(18-20-37)33-35-25-36-39(33)21-16-26-10-4-1-5-11-26/h1-2,4-7,10-13,25,28-32H,3,8-9,14-24H2,(H,40,41)/p+1/t30-,31?,32+/m0/s1. The number of hydrogen-bond donors (Lipinski definition) is 2. The maximum Gasteiger partial charge on any atom is 0.321 e. The Morgan fingerprint density at radius 3 is 2.37 bits per heavy atom. The molecule has 1 aliphatic carbocycles. The summed E-state index contributed by atoms with van der Waals surface area (Å²) in [6.07, 6.45) is 10.8. The summed E-state index contributed by atoms with van der Waals surface area (Å²) >= 11 is 0. The van der Waals surface area contributed by atoms with Gasteiger partial charge >= 0.3 is 11.8 Å². The first-order chi connectivity index (χ1) is 20.2. The zero-order valence-electron chi connectivity index (χ0n) is 24.3. The molecule has 2 N–H and O–H groups in total. The van der Waals surface area contributed by atoms with E-state index in [1.54, 1.807) is 0 Å². The van der Waals surface area contributed by atoms with E-state index in [2.05, 4.69) is 80.2 Å².